The van der Waals surface area contributed by atoms with E-state index in [-0.39, 0.29) is 10.8 Å². The summed E-state index contributed by atoms with van der Waals surface area (Å²) in [6.07, 6.45) is 2.52. The van der Waals surface area contributed by atoms with Crippen LogP contribution in [0.4, 0.5) is 17.6 Å². The summed E-state index contributed by atoms with van der Waals surface area (Å²) >= 11 is 5.85. The van der Waals surface area contributed by atoms with E-state index in [1.807, 2.05) is 0 Å². The lowest BCUT2D eigenvalue weighted by Crippen LogP contribution is -3.13. The van der Waals surface area contributed by atoms with Gasteiger partial charge in [0.05, 0.1) is 30.3 Å². The molecule has 3 rings (SSSR count). The summed E-state index contributed by atoms with van der Waals surface area (Å²) in [5, 5.41) is 0.0505. The van der Waals surface area contributed by atoms with Gasteiger partial charge in [0, 0.05) is 0 Å². The molecule has 0 aromatic heterocycles. The van der Waals surface area contributed by atoms with Gasteiger partial charge >= 0.3 is 0 Å². The van der Waals surface area contributed by atoms with E-state index in [1.54, 1.807) is 6.07 Å². The Morgan fingerprint density at radius 1 is 1.00 bits per heavy atom. The van der Waals surface area contributed by atoms with Crippen LogP contribution in [0.1, 0.15) is 5.56 Å². The number of halogens is 5. The van der Waals surface area contributed by atoms with Crippen molar-refractivity contribution < 1.29 is 31.9 Å². The van der Waals surface area contributed by atoms with Crippen molar-refractivity contribution >= 4 is 17.7 Å². The fraction of sp³-hybridized carbons (Fsp3) is 0.263. The molecule has 0 spiro atoms. The van der Waals surface area contributed by atoms with Crippen molar-refractivity contribution in [3.63, 3.8) is 0 Å². The molecule has 1 saturated heterocycles. The number of rotatable bonds is 5. The van der Waals surface area contributed by atoms with Gasteiger partial charge in [-0.3, -0.25) is 0 Å². The lowest BCUT2D eigenvalue weighted by molar-refractivity contribution is -0.902. The Kier molecular flexibility index (Phi) is 6.36. The molecule has 144 valence electrons. The number of quaternary nitrogens is 1. The monoisotopic (exact) mass is 402 g/mol. The number of ether oxygens (including phenoxy) is 2. The van der Waals surface area contributed by atoms with E-state index in [1.165, 1.54) is 24.3 Å². The molecule has 0 radical (unpaired) electrons. The van der Waals surface area contributed by atoms with E-state index < -0.39 is 34.6 Å². The molecule has 1 aliphatic heterocycles. The minimum Gasteiger partial charge on any atom is -0.449 e. The Balaban J connectivity index is 1.85. The number of hydrogen-bond donors (Lipinski definition) is 1. The van der Waals surface area contributed by atoms with Crippen molar-refractivity contribution in [1.29, 1.82) is 0 Å². The zero-order valence-electron chi connectivity index (χ0n) is 14.2. The molecule has 1 aliphatic rings. The van der Waals surface area contributed by atoms with Gasteiger partial charge in [-0.1, -0.05) is 23.7 Å². The average molecular weight is 403 g/mol. The van der Waals surface area contributed by atoms with Crippen molar-refractivity contribution in [3.8, 4) is 11.5 Å². The molecule has 3 nitrogen and oxygen atoms in total. The van der Waals surface area contributed by atoms with Crippen LogP contribution in [-0.2, 0) is 4.74 Å². The van der Waals surface area contributed by atoms with Gasteiger partial charge in [-0.2, -0.15) is 8.78 Å². The third kappa shape index (κ3) is 4.43. The van der Waals surface area contributed by atoms with E-state index in [4.69, 9.17) is 21.1 Å². The second-order valence-electron chi connectivity index (χ2n) is 6.00. The van der Waals surface area contributed by atoms with E-state index in [9.17, 15) is 17.6 Å². The standard InChI is InChI=1S/C19H16ClF4NO2/c20-13-5-1-2-6-14(13)27-19-17(23)15(21)12(16(22)18(19)24)4-3-7-25-8-10-26-11-9-25/h1-6H,7-11H2/p+1/b4-3+. The first-order chi connectivity index (χ1) is 13.0. The fourth-order valence-corrected chi connectivity index (χ4v) is 2.88. The smallest absolute Gasteiger partial charge is 0.205 e. The summed E-state index contributed by atoms with van der Waals surface area (Å²) in [6.45, 7) is 3.17. The quantitative estimate of drug-likeness (QED) is 0.610. The number of hydrogen-bond acceptors (Lipinski definition) is 2. The Hall–Kier alpha value is -2.09. The summed E-state index contributed by atoms with van der Waals surface area (Å²) in [4.78, 5) is 1.15. The van der Waals surface area contributed by atoms with Gasteiger partial charge in [-0.15, -0.1) is 0 Å². The van der Waals surface area contributed by atoms with Crippen LogP contribution in [0.3, 0.4) is 0 Å². The lowest BCUT2D eigenvalue weighted by Gasteiger charge is -2.22. The van der Waals surface area contributed by atoms with Crippen LogP contribution < -0.4 is 9.64 Å². The molecule has 8 heteroatoms. The third-order valence-electron chi connectivity index (χ3n) is 4.20. The molecule has 0 aliphatic carbocycles. The van der Waals surface area contributed by atoms with Crippen LogP contribution in [0.2, 0.25) is 5.02 Å². The Labute approximate surface area is 158 Å². The van der Waals surface area contributed by atoms with Gasteiger partial charge in [0.25, 0.3) is 0 Å². The van der Waals surface area contributed by atoms with Gasteiger partial charge in [0.2, 0.25) is 17.4 Å². The van der Waals surface area contributed by atoms with Crippen molar-refractivity contribution in [3.05, 3.63) is 64.2 Å². The van der Waals surface area contributed by atoms with Crippen LogP contribution in [0, 0.1) is 23.3 Å². The summed E-state index contributed by atoms with van der Waals surface area (Å²) in [7, 11) is 0. The molecule has 0 atom stereocenters. The highest BCUT2D eigenvalue weighted by Crippen LogP contribution is 2.36. The van der Waals surface area contributed by atoms with Crippen LogP contribution in [0.25, 0.3) is 6.08 Å². The topological polar surface area (TPSA) is 22.9 Å². The minimum absolute atomic E-state index is 0.0505. The Morgan fingerprint density at radius 3 is 2.26 bits per heavy atom. The highest BCUT2D eigenvalue weighted by Gasteiger charge is 2.26. The molecule has 2 aromatic rings. The van der Waals surface area contributed by atoms with Crippen LogP contribution in [0.15, 0.2) is 30.3 Å². The van der Waals surface area contributed by atoms with E-state index in [0.717, 1.165) is 24.1 Å². The van der Waals surface area contributed by atoms with Gasteiger partial charge in [-0.25, -0.2) is 8.78 Å². The predicted molar refractivity (Wildman–Crippen MR) is 93.2 cm³/mol. The molecule has 1 heterocycles. The number of benzene rings is 2. The third-order valence-corrected chi connectivity index (χ3v) is 4.51. The highest BCUT2D eigenvalue weighted by molar-refractivity contribution is 6.32. The Morgan fingerprint density at radius 2 is 1.63 bits per heavy atom. The summed E-state index contributed by atoms with van der Waals surface area (Å²) < 4.78 is 67.4. The molecular formula is C19H17ClF4NO2+. The molecular weight excluding hydrogens is 386 g/mol. The first kappa shape index (κ1) is 19.7. The predicted octanol–water partition coefficient (Wildman–Crippen LogP) is 3.62. The van der Waals surface area contributed by atoms with Gasteiger partial charge < -0.3 is 14.4 Å². The SMILES string of the molecule is Fc1c(F)c(Oc2ccccc2Cl)c(F)c(F)c1/C=C/C[NH+]1CCOCC1. The molecule has 1 N–H and O–H groups in total. The first-order valence-corrected chi connectivity index (χ1v) is 8.73. The minimum atomic E-state index is -1.62. The molecule has 2 aromatic carbocycles. The van der Waals surface area contributed by atoms with Crippen molar-refractivity contribution in [2.75, 3.05) is 32.8 Å². The molecule has 0 amide bonds. The van der Waals surface area contributed by atoms with Crippen molar-refractivity contribution in [1.82, 2.24) is 0 Å². The van der Waals surface area contributed by atoms with E-state index >= 15 is 0 Å². The summed E-state index contributed by atoms with van der Waals surface area (Å²) in [5.41, 5.74) is -0.788. The molecule has 0 saturated carbocycles. The maximum Gasteiger partial charge on any atom is 0.205 e. The summed E-state index contributed by atoms with van der Waals surface area (Å²) in [5.74, 6) is -7.57. The number of para-hydroxylation sites is 1. The maximum atomic E-state index is 14.3. The molecule has 0 bridgehead atoms. The van der Waals surface area contributed by atoms with Crippen molar-refractivity contribution in [2.45, 2.75) is 0 Å². The van der Waals surface area contributed by atoms with Crippen molar-refractivity contribution in [2.24, 2.45) is 0 Å². The molecule has 27 heavy (non-hydrogen) atoms. The zero-order valence-corrected chi connectivity index (χ0v) is 15.0. The number of nitrogens with one attached hydrogen (secondary N) is 1. The maximum absolute atomic E-state index is 14.3. The van der Waals surface area contributed by atoms with E-state index in [2.05, 4.69) is 0 Å². The normalized spacial score (nSPS) is 15.4. The highest BCUT2D eigenvalue weighted by atomic mass is 35.5. The lowest BCUT2D eigenvalue weighted by atomic mass is 10.1. The Bertz CT molecular complexity index is 825. The van der Waals surface area contributed by atoms with Gasteiger partial charge in [0.15, 0.2) is 11.6 Å². The van der Waals surface area contributed by atoms with Gasteiger partial charge in [-0.05, 0) is 24.3 Å². The van der Waals surface area contributed by atoms with Crippen LogP contribution >= 0.6 is 11.6 Å². The average Bonchev–Trinajstić information content (AvgIpc) is 2.68. The second kappa shape index (κ2) is 8.73. The van der Waals surface area contributed by atoms with Crippen LogP contribution in [-0.4, -0.2) is 32.8 Å². The zero-order chi connectivity index (χ0) is 19.4. The number of morpholine rings is 1. The molecule has 0 unspecified atom stereocenters. The van der Waals surface area contributed by atoms with Gasteiger partial charge in [0.1, 0.15) is 18.8 Å². The van der Waals surface area contributed by atoms with Crippen LogP contribution in [0.5, 0.6) is 11.5 Å². The summed E-state index contributed by atoms with van der Waals surface area (Å²) in [6, 6.07) is 5.84. The van der Waals surface area contributed by atoms with E-state index in [0.29, 0.717) is 19.8 Å². The second-order valence-corrected chi connectivity index (χ2v) is 6.41. The fourth-order valence-electron chi connectivity index (χ4n) is 2.71. The first-order valence-electron chi connectivity index (χ1n) is 8.35. The molecule has 1 fully saturated rings. The largest absolute Gasteiger partial charge is 0.449 e.